The molecule has 1 rings (SSSR count). The van der Waals surface area contributed by atoms with Gasteiger partial charge in [0, 0.05) is 0 Å². The molecule has 0 bridgehead atoms. The van der Waals surface area contributed by atoms with E-state index in [0.717, 1.165) is 6.08 Å². The molecular formula is C9H8N2O3. The quantitative estimate of drug-likeness (QED) is 0.697. The van der Waals surface area contributed by atoms with Gasteiger partial charge in [-0.1, -0.05) is 12.6 Å². The Kier molecular flexibility index (Phi) is 2.96. The molecule has 1 heterocycles. The molecule has 0 radical (unpaired) electrons. The van der Waals surface area contributed by atoms with Crippen molar-refractivity contribution in [1.29, 1.82) is 0 Å². The first-order valence-corrected chi connectivity index (χ1v) is 3.77. The number of pyridine rings is 1. The van der Waals surface area contributed by atoms with Gasteiger partial charge in [-0.15, -0.1) is 0 Å². The van der Waals surface area contributed by atoms with Crippen LogP contribution in [-0.2, 0) is 4.79 Å². The number of amides is 1. The lowest BCUT2D eigenvalue weighted by Crippen LogP contribution is -2.10. The Morgan fingerprint density at radius 2 is 2.21 bits per heavy atom. The highest BCUT2D eigenvalue weighted by Gasteiger charge is 2.05. The lowest BCUT2D eigenvalue weighted by molar-refractivity contribution is -0.111. The number of carbonyl (C=O) groups is 2. The van der Waals surface area contributed by atoms with Crippen LogP contribution in [0.2, 0.25) is 0 Å². The van der Waals surface area contributed by atoms with Crippen LogP contribution in [0.3, 0.4) is 0 Å². The van der Waals surface area contributed by atoms with E-state index in [1.807, 2.05) is 0 Å². The summed E-state index contributed by atoms with van der Waals surface area (Å²) in [6.45, 7) is 3.26. The molecule has 0 aromatic carbocycles. The molecule has 0 fully saturated rings. The molecule has 72 valence electrons. The largest absolute Gasteiger partial charge is 0.477 e. The molecule has 0 aliphatic rings. The molecule has 0 aliphatic carbocycles. The molecule has 0 unspecified atom stereocenters. The van der Waals surface area contributed by atoms with E-state index >= 15 is 0 Å². The molecule has 0 spiro atoms. The van der Waals surface area contributed by atoms with Gasteiger partial charge in [-0.3, -0.25) is 4.79 Å². The first kappa shape index (κ1) is 9.91. The summed E-state index contributed by atoms with van der Waals surface area (Å²) in [4.78, 5) is 25.0. The Morgan fingerprint density at radius 3 is 2.79 bits per heavy atom. The Morgan fingerprint density at radius 1 is 1.50 bits per heavy atom. The van der Waals surface area contributed by atoms with Crippen LogP contribution < -0.4 is 5.32 Å². The number of carboxylic acid groups (broad SMARTS) is 1. The SMILES string of the molecule is C=CC(=O)Nc1cccc(C(=O)O)n1. The van der Waals surface area contributed by atoms with Crippen LogP contribution in [0.5, 0.6) is 0 Å². The summed E-state index contributed by atoms with van der Waals surface area (Å²) < 4.78 is 0. The Balaban J connectivity index is 2.88. The first-order valence-electron chi connectivity index (χ1n) is 3.77. The van der Waals surface area contributed by atoms with Crippen molar-refractivity contribution in [3.05, 3.63) is 36.5 Å². The number of aromatic carboxylic acids is 1. The minimum atomic E-state index is -1.14. The van der Waals surface area contributed by atoms with Gasteiger partial charge >= 0.3 is 5.97 Å². The van der Waals surface area contributed by atoms with Crippen molar-refractivity contribution >= 4 is 17.7 Å². The summed E-state index contributed by atoms with van der Waals surface area (Å²) in [7, 11) is 0. The average Bonchev–Trinajstić information content (AvgIpc) is 2.18. The molecule has 0 saturated carbocycles. The second-order valence-electron chi connectivity index (χ2n) is 2.41. The van der Waals surface area contributed by atoms with Crippen LogP contribution in [-0.4, -0.2) is 22.0 Å². The Bertz CT molecular complexity index is 387. The summed E-state index contributed by atoms with van der Waals surface area (Å²) in [5.74, 6) is -1.38. The number of nitrogens with zero attached hydrogens (tertiary/aromatic N) is 1. The van der Waals surface area contributed by atoms with E-state index in [9.17, 15) is 9.59 Å². The molecule has 5 heteroatoms. The van der Waals surface area contributed by atoms with E-state index in [1.54, 1.807) is 0 Å². The highest BCUT2D eigenvalue weighted by molar-refractivity contribution is 5.98. The van der Waals surface area contributed by atoms with E-state index in [2.05, 4.69) is 16.9 Å². The van der Waals surface area contributed by atoms with E-state index in [0.29, 0.717) is 0 Å². The predicted octanol–water partition coefficient (Wildman–Crippen LogP) is 0.904. The molecule has 0 atom stereocenters. The molecule has 2 N–H and O–H groups in total. The molecule has 1 amide bonds. The maximum absolute atomic E-state index is 10.8. The van der Waals surface area contributed by atoms with Gasteiger partial charge in [0.05, 0.1) is 0 Å². The van der Waals surface area contributed by atoms with Gasteiger partial charge in [-0.2, -0.15) is 0 Å². The van der Waals surface area contributed by atoms with E-state index in [1.165, 1.54) is 18.2 Å². The van der Waals surface area contributed by atoms with Crippen molar-refractivity contribution < 1.29 is 14.7 Å². The molecule has 14 heavy (non-hydrogen) atoms. The van der Waals surface area contributed by atoms with Gasteiger partial charge in [0.15, 0.2) is 5.69 Å². The Hall–Kier alpha value is -2.17. The van der Waals surface area contributed by atoms with E-state index in [4.69, 9.17) is 5.11 Å². The zero-order chi connectivity index (χ0) is 10.6. The van der Waals surface area contributed by atoms with E-state index < -0.39 is 11.9 Å². The van der Waals surface area contributed by atoms with Crippen molar-refractivity contribution in [2.75, 3.05) is 5.32 Å². The summed E-state index contributed by atoms with van der Waals surface area (Å²) in [5, 5.41) is 11.0. The van der Waals surface area contributed by atoms with Crippen LogP contribution in [0.15, 0.2) is 30.9 Å². The third-order valence-corrected chi connectivity index (χ3v) is 1.40. The summed E-state index contributed by atoms with van der Waals surface area (Å²) in [6.07, 6.45) is 1.08. The van der Waals surface area contributed by atoms with Crippen LogP contribution in [0.4, 0.5) is 5.82 Å². The third kappa shape index (κ3) is 2.41. The molecule has 0 aliphatic heterocycles. The fourth-order valence-corrected chi connectivity index (χ4v) is 0.801. The van der Waals surface area contributed by atoms with Gasteiger partial charge in [0.2, 0.25) is 5.91 Å². The highest BCUT2D eigenvalue weighted by Crippen LogP contribution is 2.04. The van der Waals surface area contributed by atoms with Crippen LogP contribution >= 0.6 is 0 Å². The second-order valence-corrected chi connectivity index (χ2v) is 2.41. The first-order chi connectivity index (χ1) is 6.63. The van der Waals surface area contributed by atoms with Crippen molar-refractivity contribution in [2.45, 2.75) is 0 Å². The fourth-order valence-electron chi connectivity index (χ4n) is 0.801. The van der Waals surface area contributed by atoms with Gasteiger partial charge in [0.25, 0.3) is 0 Å². The minimum Gasteiger partial charge on any atom is -0.477 e. The van der Waals surface area contributed by atoms with Gasteiger partial charge < -0.3 is 10.4 Å². The fraction of sp³-hybridized carbons (Fsp3) is 0. The zero-order valence-corrected chi connectivity index (χ0v) is 7.23. The zero-order valence-electron chi connectivity index (χ0n) is 7.23. The monoisotopic (exact) mass is 192 g/mol. The standard InChI is InChI=1S/C9H8N2O3/c1-2-8(12)11-7-5-3-4-6(10-7)9(13)14/h2-5H,1H2,(H,13,14)(H,10,11,12). The Labute approximate surface area is 80.1 Å². The van der Waals surface area contributed by atoms with Gasteiger partial charge in [-0.05, 0) is 18.2 Å². The summed E-state index contributed by atoms with van der Waals surface area (Å²) in [6, 6.07) is 4.33. The smallest absolute Gasteiger partial charge is 0.354 e. The molecule has 1 aromatic rings. The number of anilines is 1. The molecule has 0 saturated heterocycles. The topological polar surface area (TPSA) is 79.3 Å². The maximum atomic E-state index is 10.8. The normalized spacial score (nSPS) is 9.14. The molecule has 5 nitrogen and oxygen atoms in total. The predicted molar refractivity (Wildman–Crippen MR) is 50.0 cm³/mol. The number of hydrogen-bond acceptors (Lipinski definition) is 3. The number of aromatic nitrogens is 1. The number of hydrogen-bond donors (Lipinski definition) is 2. The maximum Gasteiger partial charge on any atom is 0.354 e. The van der Waals surface area contributed by atoms with Crippen molar-refractivity contribution in [2.24, 2.45) is 0 Å². The number of carbonyl (C=O) groups excluding carboxylic acids is 1. The summed E-state index contributed by atoms with van der Waals surface area (Å²) >= 11 is 0. The third-order valence-electron chi connectivity index (χ3n) is 1.40. The van der Waals surface area contributed by atoms with Gasteiger partial charge in [-0.25, -0.2) is 9.78 Å². The van der Waals surface area contributed by atoms with Crippen molar-refractivity contribution in [3.8, 4) is 0 Å². The van der Waals surface area contributed by atoms with Crippen LogP contribution in [0.1, 0.15) is 10.5 Å². The van der Waals surface area contributed by atoms with Crippen LogP contribution in [0.25, 0.3) is 0 Å². The van der Waals surface area contributed by atoms with Crippen molar-refractivity contribution in [3.63, 3.8) is 0 Å². The van der Waals surface area contributed by atoms with Crippen LogP contribution in [0, 0.1) is 0 Å². The van der Waals surface area contributed by atoms with Gasteiger partial charge in [0.1, 0.15) is 5.82 Å². The molecular weight excluding hydrogens is 184 g/mol. The minimum absolute atomic E-state index is 0.119. The summed E-state index contributed by atoms with van der Waals surface area (Å²) in [5.41, 5.74) is -0.119. The lowest BCUT2D eigenvalue weighted by atomic mass is 10.3. The number of rotatable bonds is 3. The highest BCUT2D eigenvalue weighted by atomic mass is 16.4. The van der Waals surface area contributed by atoms with E-state index in [-0.39, 0.29) is 11.5 Å². The molecule has 1 aromatic heterocycles. The second kappa shape index (κ2) is 4.18. The average molecular weight is 192 g/mol. The number of nitrogens with one attached hydrogen (secondary N) is 1. The lowest BCUT2D eigenvalue weighted by Gasteiger charge is -2.01. The van der Waals surface area contributed by atoms with Crippen molar-refractivity contribution in [1.82, 2.24) is 4.98 Å². The number of carboxylic acids is 1.